The molecule has 0 bridgehead atoms. The van der Waals surface area contributed by atoms with Crippen LogP contribution in [0.15, 0.2) is 4.99 Å². The van der Waals surface area contributed by atoms with Gasteiger partial charge in [0.1, 0.15) is 5.01 Å². The quantitative estimate of drug-likeness (QED) is 0.621. The zero-order valence-electron chi connectivity index (χ0n) is 16.1. The Balaban J connectivity index is 1.85. The lowest BCUT2D eigenvalue weighted by Gasteiger charge is -2.33. The Labute approximate surface area is 155 Å². The lowest BCUT2D eigenvalue weighted by atomic mass is 9.93. The van der Waals surface area contributed by atoms with Gasteiger partial charge in [0.05, 0.1) is 12.2 Å². The minimum absolute atomic E-state index is 0.140. The molecule has 0 spiro atoms. The Hall–Kier alpha value is -1.63. The molecule has 140 valence electrons. The Morgan fingerprint density at radius 1 is 1.40 bits per heavy atom. The van der Waals surface area contributed by atoms with E-state index in [9.17, 15) is 4.79 Å². The molecular weight excluding hydrogens is 334 g/mol. The number of aliphatic imine (C=N–C) groups is 1. The molecule has 1 saturated heterocycles. The molecule has 6 nitrogen and oxygen atoms in total. The van der Waals surface area contributed by atoms with E-state index in [0.717, 1.165) is 36.9 Å². The summed E-state index contributed by atoms with van der Waals surface area (Å²) in [5, 5.41) is 7.27. The minimum atomic E-state index is 0.140. The highest BCUT2D eigenvalue weighted by atomic mass is 32.1. The van der Waals surface area contributed by atoms with Crippen molar-refractivity contribution < 1.29 is 4.79 Å². The van der Waals surface area contributed by atoms with Gasteiger partial charge in [-0.25, -0.2) is 4.98 Å². The van der Waals surface area contributed by atoms with Crippen molar-refractivity contribution in [2.75, 3.05) is 27.2 Å². The van der Waals surface area contributed by atoms with Crippen LogP contribution in [0, 0.1) is 12.8 Å². The molecule has 1 aliphatic heterocycles. The number of likely N-dealkylation sites (tertiary alicyclic amines) is 1. The number of thiazole rings is 1. The van der Waals surface area contributed by atoms with Gasteiger partial charge in [0.25, 0.3) is 0 Å². The average Bonchev–Trinajstić information content (AvgIpc) is 2.97. The SMILES string of the molecule is CN=C(NCc1nc(C(C)C)c(C)s1)N1CCC(CC(=O)NC)CC1. The lowest BCUT2D eigenvalue weighted by molar-refractivity contribution is -0.121. The molecule has 2 rings (SSSR count). The van der Waals surface area contributed by atoms with Gasteiger partial charge in [-0.15, -0.1) is 11.3 Å². The van der Waals surface area contributed by atoms with E-state index in [0.29, 0.717) is 24.8 Å². The molecule has 0 aliphatic carbocycles. The van der Waals surface area contributed by atoms with Gasteiger partial charge in [0, 0.05) is 38.5 Å². The maximum Gasteiger partial charge on any atom is 0.220 e. The number of aromatic nitrogens is 1. The molecule has 2 heterocycles. The zero-order chi connectivity index (χ0) is 18.4. The van der Waals surface area contributed by atoms with E-state index >= 15 is 0 Å². The number of rotatable bonds is 5. The van der Waals surface area contributed by atoms with Gasteiger partial charge in [0.15, 0.2) is 5.96 Å². The summed E-state index contributed by atoms with van der Waals surface area (Å²) in [6.07, 6.45) is 2.69. The Morgan fingerprint density at radius 3 is 2.60 bits per heavy atom. The highest BCUT2D eigenvalue weighted by molar-refractivity contribution is 7.11. The molecule has 0 saturated carbocycles. The summed E-state index contributed by atoms with van der Waals surface area (Å²) >= 11 is 1.76. The second-order valence-corrected chi connectivity index (χ2v) is 8.20. The summed E-state index contributed by atoms with van der Waals surface area (Å²) < 4.78 is 0. The summed E-state index contributed by atoms with van der Waals surface area (Å²) in [7, 11) is 3.53. The van der Waals surface area contributed by atoms with Crippen LogP contribution in [0.3, 0.4) is 0 Å². The first kappa shape index (κ1) is 19.7. The predicted octanol–water partition coefficient (Wildman–Crippen LogP) is 2.50. The monoisotopic (exact) mass is 365 g/mol. The van der Waals surface area contributed by atoms with Crippen molar-refractivity contribution in [1.29, 1.82) is 0 Å². The van der Waals surface area contributed by atoms with Crippen LogP contribution in [-0.4, -0.2) is 48.9 Å². The molecule has 25 heavy (non-hydrogen) atoms. The number of carbonyl (C=O) groups is 1. The number of guanidine groups is 1. The third-order valence-electron chi connectivity index (χ3n) is 4.70. The van der Waals surface area contributed by atoms with Gasteiger partial charge in [-0.2, -0.15) is 0 Å². The van der Waals surface area contributed by atoms with Crippen molar-refractivity contribution in [2.24, 2.45) is 10.9 Å². The smallest absolute Gasteiger partial charge is 0.220 e. The first-order valence-electron chi connectivity index (χ1n) is 9.07. The molecule has 1 aromatic heterocycles. The number of hydrogen-bond donors (Lipinski definition) is 2. The fourth-order valence-electron chi connectivity index (χ4n) is 3.28. The van der Waals surface area contributed by atoms with E-state index in [4.69, 9.17) is 4.98 Å². The maximum absolute atomic E-state index is 11.5. The molecule has 7 heteroatoms. The molecule has 0 aromatic carbocycles. The largest absolute Gasteiger partial charge is 0.359 e. The van der Waals surface area contributed by atoms with Crippen LogP contribution in [-0.2, 0) is 11.3 Å². The van der Waals surface area contributed by atoms with Crippen molar-refractivity contribution in [2.45, 2.75) is 52.5 Å². The van der Waals surface area contributed by atoms with Crippen LogP contribution in [0.1, 0.15) is 54.6 Å². The van der Waals surface area contributed by atoms with Gasteiger partial charge in [-0.1, -0.05) is 13.8 Å². The number of amides is 1. The average molecular weight is 366 g/mol. The van der Waals surface area contributed by atoms with E-state index in [-0.39, 0.29) is 5.91 Å². The van der Waals surface area contributed by atoms with Gasteiger partial charge >= 0.3 is 0 Å². The molecule has 1 fully saturated rings. The van der Waals surface area contributed by atoms with Crippen LogP contribution in [0.5, 0.6) is 0 Å². The highest BCUT2D eigenvalue weighted by Crippen LogP contribution is 2.24. The number of piperidine rings is 1. The Kier molecular flexibility index (Phi) is 7.23. The summed E-state index contributed by atoms with van der Waals surface area (Å²) in [6.45, 7) is 9.10. The third-order valence-corrected chi connectivity index (χ3v) is 5.69. The molecule has 0 radical (unpaired) electrons. The van der Waals surface area contributed by atoms with E-state index in [1.807, 2.05) is 7.05 Å². The minimum Gasteiger partial charge on any atom is -0.359 e. The van der Waals surface area contributed by atoms with E-state index in [1.165, 1.54) is 10.6 Å². The maximum atomic E-state index is 11.5. The first-order valence-corrected chi connectivity index (χ1v) is 9.88. The van der Waals surface area contributed by atoms with Crippen LogP contribution >= 0.6 is 11.3 Å². The van der Waals surface area contributed by atoms with E-state index in [1.54, 1.807) is 18.4 Å². The predicted molar refractivity (Wildman–Crippen MR) is 104 cm³/mol. The number of nitrogens with one attached hydrogen (secondary N) is 2. The highest BCUT2D eigenvalue weighted by Gasteiger charge is 2.23. The van der Waals surface area contributed by atoms with E-state index in [2.05, 4.69) is 41.3 Å². The zero-order valence-corrected chi connectivity index (χ0v) is 16.9. The topological polar surface area (TPSA) is 69.6 Å². The lowest BCUT2D eigenvalue weighted by Crippen LogP contribution is -2.45. The fourth-order valence-corrected chi connectivity index (χ4v) is 4.30. The van der Waals surface area contributed by atoms with Crippen molar-refractivity contribution in [1.82, 2.24) is 20.5 Å². The van der Waals surface area contributed by atoms with Gasteiger partial charge in [-0.3, -0.25) is 9.79 Å². The van der Waals surface area contributed by atoms with Crippen molar-refractivity contribution in [3.05, 3.63) is 15.6 Å². The number of nitrogens with zero attached hydrogens (tertiary/aromatic N) is 3. The second kappa shape index (κ2) is 9.17. The van der Waals surface area contributed by atoms with Crippen LogP contribution < -0.4 is 10.6 Å². The van der Waals surface area contributed by atoms with Crippen LogP contribution in [0.4, 0.5) is 0 Å². The molecule has 1 aromatic rings. The second-order valence-electron chi connectivity index (χ2n) is 6.91. The van der Waals surface area contributed by atoms with Crippen LogP contribution in [0.25, 0.3) is 0 Å². The first-order chi connectivity index (χ1) is 11.9. The Bertz CT molecular complexity index is 603. The summed E-state index contributed by atoms with van der Waals surface area (Å²) in [4.78, 5) is 24.3. The number of carbonyl (C=O) groups excluding carboxylic acids is 1. The third kappa shape index (κ3) is 5.42. The van der Waals surface area contributed by atoms with E-state index < -0.39 is 0 Å². The summed E-state index contributed by atoms with van der Waals surface area (Å²) in [5.74, 6) is 2.01. The molecule has 2 N–H and O–H groups in total. The van der Waals surface area contributed by atoms with Crippen LogP contribution in [0.2, 0.25) is 0 Å². The standard InChI is InChI=1S/C18H31N5OS/c1-12(2)17-13(3)25-16(22-17)11-21-18(20-5)23-8-6-14(7-9-23)10-15(24)19-4/h12,14H,6-11H2,1-5H3,(H,19,24)(H,20,21). The molecule has 0 atom stereocenters. The van der Waals surface area contributed by atoms with Crippen molar-refractivity contribution in [3.63, 3.8) is 0 Å². The van der Waals surface area contributed by atoms with Crippen molar-refractivity contribution in [3.8, 4) is 0 Å². The molecule has 1 amide bonds. The van der Waals surface area contributed by atoms with Gasteiger partial charge in [-0.05, 0) is 31.6 Å². The molecule has 0 unspecified atom stereocenters. The van der Waals surface area contributed by atoms with Gasteiger partial charge in [0.2, 0.25) is 5.91 Å². The summed E-state index contributed by atoms with van der Waals surface area (Å²) in [6, 6.07) is 0. The normalized spacial score (nSPS) is 16.4. The molecule has 1 aliphatic rings. The number of hydrogen-bond acceptors (Lipinski definition) is 4. The van der Waals surface area contributed by atoms with Crippen molar-refractivity contribution >= 4 is 23.2 Å². The summed E-state index contributed by atoms with van der Waals surface area (Å²) in [5.41, 5.74) is 1.20. The van der Waals surface area contributed by atoms with Gasteiger partial charge < -0.3 is 15.5 Å². The Morgan fingerprint density at radius 2 is 2.08 bits per heavy atom. The number of aryl methyl sites for hydroxylation is 1. The fraction of sp³-hybridized carbons (Fsp3) is 0.722. The molecular formula is C18H31N5OS.